The zero-order chi connectivity index (χ0) is 9.68. The second-order valence-electron chi connectivity index (χ2n) is 2.17. The zero-order valence-corrected chi connectivity index (χ0v) is 10.4. The molecule has 0 unspecified atom stereocenters. The van der Waals surface area contributed by atoms with Crippen LogP contribution < -0.4 is 40.2 Å². The molecule has 0 radical (unpaired) electrons. The number of thiocarbonyl (C=S) groups is 1. The number of rotatable bonds is 1. The maximum absolute atomic E-state index is 13.0. The van der Waals surface area contributed by atoms with Gasteiger partial charge in [0.15, 0.2) is 11.3 Å². The fourth-order valence-corrected chi connectivity index (χ4v) is 0.923. The van der Waals surface area contributed by atoms with E-state index in [0.29, 0.717) is 0 Å². The summed E-state index contributed by atoms with van der Waals surface area (Å²) in [5, 5.41) is 13.0. The largest absolute Gasteiger partial charge is 1.00 e. The van der Waals surface area contributed by atoms with Crippen molar-refractivity contribution in [2.24, 2.45) is 0 Å². The van der Waals surface area contributed by atoms with E-state index in [9.17, 15) is 4.39 Å². The molecule has 0 fully saturated rings. The van der Waals surface area contributed by atoms with Crippen LogP contribution in [0.3, 0.4) is 0 Å². The second-order valence-corrected chi connectivity index (χ2v) is 2.58. The van der Waals surface area contributed by atoms with Crippen LogP contribution >= 0.6 is 12.2 Å². The molecule has 1 aromatic rings. The maximum Gasteiger partial charge on any atom is 1.00 e. The molecule has 0 aliphatic heterocycles. The fraction of sp³-hybridized carbons (Fsp3) is 0. The van der Waals surface area contributed by atoms with Gasteiger partial charge in [0, 0.05) is 0 Å². The molecule has 0 aromatic heterocycles. The van der Waals surface area contributed by atoms with Crippen LogP contribution in [0, 0.1) is 17.3 Å². The van der Waals surface area contributed by atoms with Gasteiger partial charge in [0.05, 0.1) is 5.69 Å². The third-order valence-electron chi connectivity index (χ3n) is 1.29. The molecule has 0 aliphatic rings. The van der Waals surface area contributed by atoms with Crippen LogP contribution in [0.15, 0.2) is 24.3 Å². The molecule has 2 N–H and O–H groups in total. The summed E-state index contributed by atoms with van der Waals surface area (Å²) in [6, 6.07) is 6.07. The van der Waals surface area contributed by atoms with E-state index < -0.39 is 5.82 Å². The number of para-hydroxylation sites is 1. The number of hydrogen-bond donors (Lipinski definition) is 2. The summed E-state index contributed by atoms with van der Waals surface area (Å²) in [5.74, 6) is -0.412. The molecule has 0 saturated heterocycles. The number of halogens is 1. The smallest absolute Gasteiger partial charge is 1.00 e. The van der Waals surface area contributed by atoms with Gasteiger partial charge in [-0.3, -0.25) is 5.32 Å². The zero-order valence-electron chi connectivity index (χ0n) is 8.54. The molecule has 68 valence electrons. The molecule has 6 heteroatoms. The molecule has 3 nitrogen and oxygen atoms in total. The Bertz CT molecular complexity index is 369. The molecule has 0 amide bonds. The first-order valence-corrected chi connectivity index (χ1v) is 3.85. The Morgan fingerprint density at radius 2 is 2.14 bits per heavy atom. The van der Waals surface area contributed by atoms with Gasteiger partial charge >= 0.3 is 29.6 Å². The minimum absolute atomic E-state index is 0. The molecule has 0 aliphatic carbocycles. The van der Waals surface area contributed by atoms with Gasteiger partial charge in [0.2, 0.25) is 0 Å². The standard InChI is InChI=1S/C8H6FN3S.Na.H/c9-6-3-1-2-4-7(6)12-8(13)11-5-10;;/h1-4H,(H2,11,12,13);;/q;+1;-1. The number of hydrogen-bond acceptors (Lipinski definition) is 2. The summed E-state index contributed by atoms with van der Waals surface area (Å²) in [4.78, 5) is 0. The van der Waals surface area contributed by atoms with Gasteiger partial charge in [0.25, 0.3) is 0 Å². The first kappa shape index (κ1) is 13.3. The predicted octanol–water partition coefficient (Wildman–Crippen LogP) is -1.29. The monoisotopic (exact) mass is 219 g/mol. The Morgan fingerprint density at radius 1 is 1.50 bits per heavy atom. The van der Waals surface area contributed by atoms with Gasteiger partial charge in [-0.25, -0.2) is 4.39 Å². The fourth-order valence-electron chi connectivity index (χ4n) is 0.767. The first-order chi connectivity index (χ1) is 6.24. The summed E-state index contributed by atoms with van der Waals surface area (Å²) in [7, 11) is 0. The molecule has 0 atom stereocenters. The quantitative estimate of drug-likeness (QED) is 0.267. The van der Waals surface area contributed by atoms with Crippen molar-refractivity contribution in [3.8, 4) is 6.19 Å². The normalized spacial score (nSPS) is 8.00. The van der Waals surface area contributed by atoms with Crippen LogP contribution in [0.4, 0.5) is 10.1 Å². The van der Waals surface area contributed by atoms with Crippen LogP contribution in [0.1, 0.15) is 1.43 Å². The van der Waals surface area contributed by atoms with Crippen molar-refractivity contribution in [1.82, 2.24) is 5.32 Å². The van der Waals surface area contributed by atoms with E-state index in [1.807, 2.05) is 0 Å². The van der Waals surface area contributed by atoms with E-state index in [4.69, 9.17) is 5.26 Å². The average Bonchev–Trinajstić information content (AvgIpc) is 2.09. The van der Waals surface area contributed by atoms with E-state index in [2.05, 4.69) is 22.9 Å². The molecule has 1 rings (SSSR count). The first-order valence-electron chi connectivity index (χ1n) is 3.44. The van der Waals surface area contributed by atoms with Gasteiger partial charge in [-0.15, -0.1) is 0 Å². The van der Waals surface area contributed by atoms with Crippen molar-refractivity contribution >= 4 is 23.0 Å². The Hall–Kier alpha value is -0.670. The second kappa shape index (κ2) is 6.74. The van der Waals surface area contributed by atoms with Crippen molar-refractivity contribution in [3.05, 3.63) is 30.1 Å². The maximum atomic E-state index is 13.0. The third kappa shape index (κ3) is 4.03. The Balaban J connectivity index is 0. The number of nitrogens with one attached hydrogen (secondary N) is 2. The third-order valence-corrected chi connectivity index (χ3v) is 1.50. The van der Waals surface area contributed by atoms with E-state index in [-0.39, 0.29) is 41.8 Å². The Labute approximate surface area is 110 Å². The number of benzene rings is 1. The number of anilines is 1. The SMILES string of the molecule is N#CNC(=S)Nc1ccccc1F.[H-].[Na+]. The van der Waals surface area contributed by atoms with E-state index in [0.717, 1.165) is 0 Å². The van der Waals surface area contributed by atoms with Gasteiger partial charge in [-0.05, 0) is 24.4 Å². The van der Waals surface area contributed by atoms with E-state index in [1.165, 1.54) is 12.1 Å². The summed E-state index contributed by atoms with van der Waals surface area (Å²) >= 11 is 4.68. The van der Waals surface area contributed by atoms with Crippen molar-refractivity contribution in [3.63, 3.8) is 0 Å². The van der Waals surface area contributed by atoms with Gasteiger partial charge in [-0.2, -0.15) is 5.26 Å². The summed E-state index contributed by atoms with van der Waals surface area (Å²) < 4.78 is 13.0. The van der Waals surface area contributed by atoms with Gasteiger partial charge in [0.1, 0.15) is 5.82 Å². The molecule has 0 heterocycles. The molecule has 0 saturated carbocycles. The van der Waals surface area contributed by atoms with Crippen LogP contribution in [0.2, 0.25) is 0 Å². The minimum atomic E-state index is -0.412. The van der Waals surface area contributed by atoms with Crippen molar-refractivity contribution in [2.75, 3.05) is 5.32 Å². The van der Waals surface area contributed by atoms with Crippen LogP contribution in [-0.4, -0.2) is 5.11 Å². The molecule has 14 heavy (non-hydrogen) atoms. The van der Waals surface area contributed by atoms with Gasteiger partial charge in [-0.1, -0.05) is 12.1 Å². The topological polar surface area (TPSA) is 47.9 Å². The van der Waals surface area contributed by atoms with Crippen LogP contribution in [0.25, 0.3) is 0 Å². The summed E-state index contributed by atoms with van der Waals surface area (Å²) in [6.45, 7) is 0. The summed E-state index contributed by atoms with van der Waals surface area (Å²) in [6.07, 6.45) is 1.63. The van der Waals surface area contributed by atoms with E-state index >= 15 is 0 Å². The molecule has 1 aromatic carbocycles. The Morgan fingerprint density at radius 3 is 2.71 bits per heavy atom. The van der Waals surface area contributed by atoms with E-state index in [1.54, 1.807) is 18.3 Å². The summed E-state index contributed by atoms with van der Waals surface area (Å²) in [5.41, 5.74) is 0.246. The molecule has 0 spiro atoms. The van der Waals surface area contributed by atoms with Crippen LogP contribution in [-0.2, 0) is 0 Å². The molecular weight excluding hydrogens is 212 g/mol. The van der Waals surface area contributed by atoms with Crippen LogP contribution in [0.5, 0.6) is 0 Å². The van der Waals surface area contributed by atoms with Crippen molar-refractivity contribution in [1.29, 1.82) is 5.26 Å². The predicted molar refractivity (Wildman–Crippen MR) is 52.5 cm³/mol. The van der Waals surface area contributed by atoms with Gasteiger partial charge < -0.3 is 6.74 Å². The van der Waals surface area contributed by atoms with Crippen molar-refractivity contribution in [2.45, 2.75) is 0 Å². The Kier molecular flexibility index (Phi) is 6.41. The number of nitrogens with zero attached hydrogens (tertiary/aromatic N) is 1. The van der Waals surface area contributed by atoms with Crippen molar-refractivity contribution < 1.29 is 35.4 Å². The molecule has 0 bridgehead atoms. The minimum Gasteiger partial charge on any atom is -1.00 e. The average molecular weight is 219 g/mol. The molecular formula is C8H7FN3NaS. The number of nitriles is 1.